The van der Waals surface area contributed by atoms with Crippen molar-refractivity contribution in [3.8, 4) is 0 Å². The predicted octanol–water partition coefficient (Wildman–Crippen LogP) is 1.01. The van der Waals surface area contributed by atoms with Crippen molar-refractivity contribution in [2.75, 3.05) is 18.4 Å². The molecule has 0 unspecified atom stereocenters. The molecule has 2 rings (SSSR count). The standard InChI is InChI=1S/C9H13BBrN3/c10-14-3-1-2-12-9-7(6-14)4-8(11)5-13-9/h4-5H,1-3,6,10H2,(H,12,13). The van der Waals surface area contributed by atoms with E-state index in [0.29, 0.717) is 0 Å². The maximum Gasteiger partial charge on any atom is 0.185 e. The van der Waals surface area contributed by atoms with Gasteiger partial charge in [-0.25, -0.2) is 4.98 Å². The Kier molecular flexibility index (Phi) is 3.08. The van der Waals surface area contributed by atoms with Gasteiger partial charge in [-0.05, 0) is 35.0 Å². The Bertz CT molecular complexity index is 332. The first-order valence-corrected chi connectivity index (χ1v) is 5.62. The molecule has 0 fully saturated rings. The molecular weight excluding hydrogens is 241 g/mol. The van der Waals surface area contributed by atoms with E-state index in [0.717, 1.165) is 29.9 Å². The molecule has 0 amide bonds. The maximum atomic E-state index is 4.37. The molecule has 1 aliphatic heterocycles. The number of fused-ring (bicyclic) bond motifs is 1. The van der Waals surface area contributed by atoms with Crippen molar-refractivity contribution < 1.29 is 0 Å². The van der Waals surface area contributed by atoms with Gasteiger partial charge in [0.1, 0.15) is 5.82 Å². The minimum Gasteiger partial charge on any atom is -0.370 e. The minimum atomic E-state index is 0.967. The topological polar surface area (TPSA) is 28.2 Å². The van der Waals surface area contributed by atoms with Gasteiger partial charge in [0.15, 0.2) is 7.98 Å². The molecule has 0 radical (unpaired) electrons. The fourth-order valence-corrected chi connectivity index (χ4v) is 2.07. The molecule has 74 valence electrons. The Balaban J connectivity index is 2.30. The first-order chi connectivity index (χ1) is 6.75. The third-order valence-corrected chi connectivity index (χ3v) is 2.82. The molecule has 0 saturated carbocycles. The van der Waals surface area contributed by atoms with Crippen molar-refractivity contribution in [2.45, 2.75) is 13.0 Å². The summed E-state index contributed by atoms with van der Waals surface area (Å²) in [6, 6.07) is 2.14. The molecule has 1 N–H and O–H groups in total. The lowest BCUT2D eigenvalue weighted by molar-refractivity contribution is 0.437. The van der Waals surface area contributed by atoms with Gasteiger partial charge in [-0.1, -0.05) is 0 Å². The van der Waals surface area contributed by atoms with E-state index in [1.54, 1.807) is 0 Å². The lowest BCUT2D eigenvalue weighted by Crippen LogP contribution is -2.26. The van der Waals surface area contributed by atoms with E-state index < -0.39 is 0 Å². The van der Waals surface area contributed by atoms with Crippen molar-refractivity contribution >= 4 is 29.7 Å². The zero-order valence-electron chi connectivity index (χ0n) is 8.26. The number of halogens is 1. The van der Waals surface area contributed by atoms with E-state index in [4.69, 9.17) is 0 Å². The van der Waals surface area contributed by atoms with Crippen LogP contribution in [0.2, 0.25) is 0 Å². The van der Waals surface area contributed by atoms with Crippen LogP contribution in [0.1, 0.15) is 12.0 Å². The Morgan fingerprint density at radius 1 is 1.57 bits per heavy atom. The predicted molar refractivity (Wildman–Crippen MR) is 64.0 cm³/mol. The van der Waals surface area contributed by atoms with Crippen LogP contribution in [-0.4, -0.2) is 30.9 Å². The molecule has 2 heterocycles. The van der Waals surface area contributed by atoms with Crippen LogP contribution in [0, 0.1) is 0 Å². The summed E-state index contributed by atoms with van der Waals surface area (Å²) in [6.45, 7) is 3.11. The summed E-state index contributed by atoms with van der Waals surface area (Å²) >= 11 is 3.45. The van der Waals surface area contributed by atoms with Crippen LogP contribution in [0.5, 0.6) is 0 Å². The number of nitrogens with zero attached hydrogens (tertiary/aromatic N) is 2. The van der Waals surface area contributed by atoms with E-state index in [-0.39, 0.29) is 0 Å². The van der Waals surface area contributed by atoms with Gasteiger partial charge in [0.05, 0.1) is 0 Å². The summed E-state index contributed by atoms with van der Waals surface area (Å²) in [6.07, 6.45) is 3.02. The Morgan fingerprint density at radius 3 is 3.29 bits per heavy atom. The third-order valence-electron chi connectivity index (χ3n) is 2.38. The molecule has 5 heteroatoms. The second kappa shape index (κ2) is 4.32. The van der Waals surface area contributed by atoms with Crippen LogP contribution in [0.15, 0.2) is 16.7 Å². The summed E-state index contributed by atoms with van der Waals surface area (Å²) in [7, 11) is 2.15. The monoisotopic (exact) mass is 253 g/mol. The number of nitrogens with one attached hydrogen (secondary N) is 1. The van der Waals surface area contributed by atoms with Crippen LogP contribution in [0.4, 0.5) is 5.82 Å². The zero-order valence-corrected chi connectivity index (χ0v) is 9.84. The molecule has 0 bridgehead atoms. The van der Waals surface area contributed by atoms with Gasteiger partial charge in [0.25, 0.3) is 0 Å². The minimum absolute atomic E-state index is 0.967. The number of hydrogen-bond donors (Lipinski definition) is 1. The Hall–Kier alpha value is -0.545. The smallest absolute Gasteiger partial charge is 0.185 e. The average molecular weight is 254 g/mol. The first-order valence-electron chi connectivity index (χ1n) is 4.82. The molecule has 14 heavy (non-hydrogen) atoms. The number of aromatic nitrogens is 1. The second-order valence-corrected chi connectivity index (χ2v) is 4.60. The summed E-state index contributed by atoms with van der Waals surface area (Å²) in [5.74, 6) is 1.03. The summed E-state index contributed by atoms with van der Waals surface area (Å²) in [5, 5.41) is 3.35. The number of rotatable bonds is 0. The molecular formula is C9H13BBrN3. The Labute approximate surface area is 93.5 Å². The van der Waals surface area contributed by atoms with Crippen molar-refractivity contribution in [2.24, 2.45) is 0 Å². The molecule has 3 nitrogen and oxygen atoms in total. The lowest BCUT2D eigenvalue weighted by atomic mass is 10.1. The van der Waals surface area contributed by atoms with Crippen LogP contribution >= 0.6 is 15.9 Å². The third kappa shape index (κ3) is 2.28. The van der Waals surface area contributed by atoms with Crippen molar-refractivity contribution in [3.63, 3.8) is 0 Å². The summed E-state index contributed by atoms with van der Waals surface area (Å²) in [5.41, 5.74) is 1.27. The highest BCUT2D eigenvalue weighted by Gasteiger charge is 2.10. The highest BCUT2D eigenvalue weighted by molar-refractivity contribution is 9.10. The number of hydrogen-bond acceptors (Lipinski definition) is 3. The number of pyridine rings is 1. The van der Waals surface area contributed by atoms with Crippen molar-refractivity contribution in [1.29, 1.82) is 0 Å². The maximum absolute atomic E-state index is 4.37. The van der Waals surface area contributed by atoms with Gasteiger partial charge >= 0.3 is 0 Å². The lowest BCUT2D eigenvalue weighted by Gasteiger charge is -2.22. The molecule has 1 aliphatic rings. The van der Waals surface area contributed by atoms with Crippen LogP contribution < -0.4 is 5.32 Å². The second-order valence-electron chi connectivity index (χ2n) is 3.68. The Morgan fingerprint density at radius 2 is 2.43 bits per heavy atom. The van der Waals surface area contributed by atoms with Gasteiger partial charge in [-0.15, -0.1) is 0 Å². The highest BCUT2D eigenvalue weighted by Crippen LogP contribution is 2.20. The van der Waals surface area contributed by atoms with Crippen LogP contribution in [0.3, 0.4) is 0 Å². The van der Waals surface area contributed by atoms with E-state index in [9.17, 15) is 0 Å². The number of anilines is 1. The molecule has 0 aromatic carbocycles. The zero-order chi connectivity index (χ0) is 9.97. The van der Waals surface area contributed by atoms with Gasteiger partial charge in [-0.2, -0.15) is 0 Å². The quantitative estimate of drug-likeness (QED) is 0.700. The van der Waals surface area contributed by atoms with Gasteiger partial charge in [0.2, 0.25) is 0 Å². The highest BCUT2D eigenvalue weighted by atomic mass is 79.9. The molecule has 1 aromatic rings. The normalized spacial score (nSPS) is 17.8. The van der Waals surface area contributed by atoms with Crippen LogP contribution in [-0.2, 0) is 6.54 Å². The fraction of sp³-hybridized carbons (Fsp3) is 0.444. The molecule has 1 aromatic heterocycles. The van der Waals surface area contributed by atoms with Gasteiger partial charge < -0.3 is 10.1 Å². The summed E-state index contributed by atoms with van der Waals surface area (Å²) in [4.78, 5) is 6.70. The largest absolute Gasteiger partial charge is 0.370 e. The van der Waals surface area contributed by atoms with Gasteiger partial charge in [0, 0.05) is 29.3 Å². The van der Waals surface area contributed by atoms with E-state index in [1.807, 2.05) is 6.20 Å². The molecule has 0 spiro atoms. The fourth-order valence-electron chi connectivity index (χ4n) is 1.69. The van der Waals surface area contributed by atoms with Crippen molar-refractivity contribution in [1.82, 2.24) is 9.79 Å². The van der Waals surface area contributed by atoms with Crippen molar-refractivity contribution in [3.05, 3.63) is 22.3 Å². The van der Waals surface area contributed by atoms with Gasteiger partial charge in [-0.3, -0.25) is 0 Å². The van der Waals surface area contributed by atoms with Crippen LogP contribution in [0.25, 0.3) is 0 Å². The first kappa shape index (κ1) is 9.99. The SMILES string of the molecule is BN1CCCNc2ncc(Br)cc2C1. The van der Waals surface area contributed by atoms with E-state index in [1.165, 1.54) is 12.0 Å². The molecule has 0 aliphatic carbocycles. The molecule has 0 atom stereocenters. The molecule has 0 saturated heterocycles. The summed E-state index contributed by atoms with van der Waals surface area (Å²) < 4.78 is 1.05. The van der Waals surface area contributed by atoms with E-state index in [2.05, 4.69) is 45.1 Å². The average Bonchev–Trinajstić information content (AvgIpc) is 2.12. The van der Waals surface area contributed by atoms with E-state index >= 15 is 0 Å².